The largest absolute Gasteiger partial charge is 0.674 e. The zero-order valence-corrected chi connectivity index (χ0v) is 6.47. The van der Waals surface area contributed by atoms with Gasteiger partial charge >= 0.3 is 0 Å². The molecule has 1 nitrogen and oxygen atoms in total. The van der Waals surface area contributed by atoms with Gasteiger partial charge in [0.2, 0.25) is 0 Å². The molecule has 3 fully saturated rings. The number of hydrogen-bond acceptors (Lipinski definition) is 0. The van der Waals surface area contributed by atoms with Gasteiger partial charge in [-0.3, -0.25) is 0 Å². The second-order valence-corrected chi connectivity index (χ2v) is 3.98. The van der Waals surface area contributed by atoms with Crippen LogP contribution in [0.3, 0.4) is 0 Å². The van der Waals surface area contributed by atoms with Gasteiger partial charge in [-0.25, -0.2) is 0 Å². The first-order valence-electron chi connectivity index (χ1n) is 4.57. The Morgan fingerprint density at radius 2 is 1.90 bits per heavy atom. The molecule has 0 aliphatic heterocycles. The third-order valence-electron chi connectivity index (χ3n) is 3.29. The van der Waals surface area contributed by atoms with Gasteiger partial charge < -0.3 is 5.73 Å². The molecule has 0 radical (unpaired) electrons. The predicted octanol–water partition coefficient (Wildman–Crippen LogP) is 3.01. The lowest BCUT2D eigenvalue weighted by Gasteiger charge is -2.35. The zero-order chi connectivity index (χ0) is 6.97. The van der Waals surface area contributed by atoms with Crippen molar-refractivity contribution in [1.82, 2.24) is 0 Å². The summed E-state index contributed by atoms with van der Waals surface area (Å²) in [6.45, 7) is 0. The Balaban J connectivity index is 2.07. The highest BCUT2D eigenvalue weighted by Gasteiger charge is 2.26. The van der Waals surface area contributed by atoms with Gasteiger partial charge in [0.15, 0.2) is 0 Å². The van der Waals surface area contributed by atoms with Gasteiger partial charge in [-0.15, -0.1) is 6.04 Å². The van der Waals surface area contributed by atoms with E-state index in [1.807, 2.05) is 0 Å². The van der Waals surface area contributed by atoms with Gasteiger partial charge in [0.25, 0.3) is 0 Å². The summed E-state index contributed by atoms with van der Waals surface area (Å²) in [6, 6.07) is 0.307. The molecule has 3 saturated carbocycles. The predicted molar refractivity (Wildman–Crippen MR) is 42.8 cm³/mol. The van der Waals surface area contributed by atoms with Crippen LogP contribution in [0, 0.1) is 11.8 Å². The van der Waals surface area contributed by atoms with Crippen molar-refractivity contribution in [2.24, 2.45) is 11.8 Å². The molecule has 0 saturated heterocycles. The third-order valence-corrected chi connectivity index (χ3v) is 3.29. The molecule has 0 aromatic carbocycles. The molecule has 0 aromatic heterocycles. The lowest BCUT2D eigenvalue weighted by Crippen LogP contribution is -2.22. The first kappa shape index (κ1) is 6.66. The topological polar surface area (TPSA) is 23.8 Å². The van der Waals surface area contributed by atoms with Crippen LogP contribution in [0.4, 0.5) is 0 Å². The van der Waals surface area contributed by atoms with Crippen LogP contribution in [0.15, 0.2) is 0 Å². The molecule has 0 heterocycles. The van der Waals surface area contributed by atoms with Gasteiger partial charge in [0, 0.05) is 0 Å². The van der Waals surface area contributed by atoms with Crippen molar-refractivity contribution in [3.63, 3.8) is 0 Å². The molecule has 1 N–H and O–H groups in total. The summed E-state index contributed by atoms with van der Waals surface area (Å²) in [5.74, 6) is 1.71. The lowest BCUT2D eigenvalue weighted by molar-refractivity contribution is 0.294. The molecule has 1 heteroatoms. The van der Waals surface area contributed by atoms with Gasteiger partial charge in [0.05, 0.1) is 0 Å². The molecule has 10 heavy (non-hydrogen) atoms. The Bertz CT molecular complexity index is 118. The molecule has 3 aliphatic carbocycles. The molecular formula is C9H16N-. The highest BCUT2D eigenvalue weighted by molar-refractivity contribution is 4.91. The average Bonchev–Trinajstić information content (AvgIpc) is 2.20. The summed E-state index contributed by atoms with van der Waals surface area (Å²) in [5.41, 5.74) is 7.80. The van der Waals surface area contributed by atoms with E-state index >= 15 is 0 Å². The highest BCUT2D eigenvalue weighted by Crippen LogP contribution is 2.40. The molecule has 3 unspecified atom stereocenters. The minimum absolute atomic E-state index is 0.307. The number of hydrogen-bond donors (Lipinski definition) is 0. The summed E-state index contributed by atoms with van der Waals surface area (Å²) in [5, 5.41) is 0. The number of rotatable bonds is 0. The van der Waals surface area contributed by atoms with Crippen molar-refractivity contribution in [2.75, 3.05) is 0 Å². The van der Waals surface area contributed by atoms with Crippen molar-refractivity contribution in [2.45, 2.75) is 44.6 Å². The van der Waals surface area contributed by atoms with E-state index in [1.165, 1.54) is 38.5 Å². The molecular weight excluding hydrogens is 122 g/mol. The van der Waals surface area contributed by atoms with Crippen molar-refractivity contribution >= 4 is 0 Å². The molecule has 2 bridgehead atoms. The van der Waals surface area contributed by atoms with Crippen LogP contribution >= 0.6 is 0 Å². The molecule has 0 spiro atoms. The molecule has 3 aliphatic rings. The van der Waals surface area contributed by atoms with Crippen LogP contribution in [0.2, 0.25) is 0 Å². The Morgan fingerprint density at radius 1 is 1.00 bits per heavy atom. The van der Waals surface area contributed by atoms with Crippen LogP contribution in [0.5, 0.6) is 0 Å². The SMILES string of the molecule is [NH-]C1CC2CCCC1CC2. The lowest BCUT2D eigenvalue weighted by atomic mass is 9.81. The van der Waals surface area contributed by atoms with Gasteiger partial charge in [-0.2, -0.15) is 0 Å². The van der Waals surface area contributed by atoms with Crippen LogP contribution in [-0.4, -0.2) is 6.04 Å². The summed E-state index contributed by atoms with van der Waals surface area (Å²) in [4.78, 5) is 0. The van der Waals surface area contributed by atoms with Crippen molar-refractivity contribution in [3.8, 4) is 0 Å². The third kappa shape index (κ3) is 1.07. The quantitative estimate of drug-likeness (QED) is 0.491. The van der Waals surface area contributed by atoms with Crippen LogP contribution in [0.1, 0.15) is 38.5 Å². The maximum absolute atomic E-state index is 7.80. The standard InChI is InChI=1S/C9H16N/c10-9-6-7-2-1-3-8(9)5-4-7/h7-10H,1-6H2/q-1. The smallest absolute Gasteiger partial charge is 0.0428 e. The van der Waals surface area contributed by atoms with E-state index in [9.17, 15) is 0 Å². The Labute approximate surface area is 63.0 Å². The maximum atomic E-state index is 7.80. The highest BCUT2D eigenvalue weighted by atomic mass is 14.7. The van der Waals surface area contributed by atoms with Crippen LogP contribution in [-0.2, 0) is 0 Å². The van der Waals surface area contributed by atoms with E-state index in [-0.39, 0.29) is 0 Å². The fraction of sp³-hybridized carbons (Fsp3) is 1.00. The summed E-state index contributed by atoms with van der Waals surface area (Å²) in [7, 11) is 0. The van der Waals surface area contributed by atoms with E-state index < -0.39 is 0 Å². The normalized spacial score (nSPS) is 47.1. The first-order valence-corrected chi connectivity index (χ1v) is 4.57. The van der Waals surface area contributed by atoms with Crippen LogP contribution < -0.4 is 0 Å². The van der Waals surface area contributed by atoms with E-state index in [0.717, 1.165) is 11.8 Å². The fourth-order valence-electron chi connectivity index (χ4n) is 2.60. The zero-order valence-electron chi connectivity index (χ0n) is 6.47. The van der Waals surface area contributed by atoms with Crippen LogP contribution in [0.25, 0.3) is 5.73 Å². The van der Waals surface area contributed by atoms with Crippen molar-refractivity contribution in [1.29, 1.82) is 0 Å². The number of fused-ring (bicyclic) bond motifs is 4. The molecule has 3 rings (SSSR count). The summed E-state index contributed by atoms with van der Waals surface area (Å²) < 4.78 is 0. The molecule has 0 aromatic rings. The fourth-order valence-corrected chi connectivity index (χ4v) is 2.60. The summed E-state index contributed by atoms with van der Waals surface area (Å²) in [6.07, 6.45) is 8.19. The molecule has 0 amide bonds. The van der Waals surface area contributed by atoms with Gasteiger partial charge in [0.1, 0.15) is 0 Å². The molecule has 58 valence electrons. The second kappa shape index (κ2) is 2.54. The molecule has 3 atom stereocenters. The van der Waals surface area contributed by atoms with Gasteiger partial charge in [-0.05, 0) is 5.92 Å². The van der Waals surface area contributed by atoms with E-state index in [4.69, 9.17) is 5.73 Å². The minimum atomic E-state index is 0.307. The number of nitrogens with one attached hydrogen (secondary N) is 1. The van der Waals surface area contributed by atoms with Crippen molar-refractivity contribution in [3.05, 3.63) is 5.73 Å². The van der Waals surface area contributed by atoms with Gasteiger partial charge in [-0.1, -0.05) is 44.4 Å². The van der Waals surface area contributed by atoms with E-state index in [2.05, 4.69) is 0 Å². The summed E-state index contributed by atoms with van der Waals surface area (Å²) >= 11 is 0. The minimum Gasteiger partial charge on any atom is -0.674 e. The Morgan fingerprint density at radius 3 is 2.70 bits per heavy atom. The average molecular weight is 138 g/mol. The van der Waals surface area contributed by atoms with E-state index in [0.29, 0.717) is 6.04 Å². The maximum Gasteiger partial charge on any atom is -0.0428 e. The van der Waals surface area contributed by atoms with E-state index in [1.54, 1.807) is 0 Å². The first-order chi connectivity index (χ1) is 4.86. The monoisotopic (exact) mass is 138 g/mol. The second-order valence-electron chi connectivity index (χ2n) is 3.98. The van der Waals surface area contributed by atoms with Crippen molar-refractivity contribution < 1.29 is 0 Å². The Kier molecular flexibility index (Phi) is 1.69. The Hall–Kier alpha value is -0.0400.